The number of hydrogen-bond donors (Lipinski definition) is 0. The van der Waals surface area contributed by atoms with Gasteiger partial charge in [0.05, 0.1) is 6.04 Å². The molecular formula is C15H17BrN4O. The van der Waals surface area contributed by atoms with Crippen LogP contribution in [0.25, 0.3) is 0 Å². The van der Waals surface area contributed by atoms with Crippen LogP contribution in [0.1, 0.15) is 40.6 Å². The number of carbonyl (C=O) groups excluding carboxylic acids is 1. The fraction of sp³-hybridized carbons (Fsp3) is 0.400. The number of aromatic nitrogens is 3. The zero-order valence-electron chi connectivity index (χ0n) is 12.1. The van der Waals surface area contributed by atoms with Crippen LogP contribution in [0.5, 0.6) is 0 Å². The smallest absolute Gasteiger partial charge is 0.294 e. The molecule has 1 aliphatic rings. The normalized spacial score (nSPS) is 18.2. The summed E-state index contributed by atoms with van der Waals surface area (Å²) in [5.41, 5.74) is 2.36. The first-order chi connectivity index (χ1) is 10.1. The lowest BCUT2D eigenvalue weighted by molar-refractivity contribution is 0.0723. The highest BCUT2D eigenvalue weighted by Crippen LogP contribution is 2.34. The van der Waals surface area contributed by atoms with E-state index in [9.17, 15) is 4.79 Å². The maximum Gasteiger partial charge on any atom is 0.294 e. The Labute approximate surface area is 132 Å². The topological polar surface area (TPSA) is 51.0 Å². The first-order valence-corrected chi connectivity index (χ1v) is 7.78. The molecule has 1 unspecified atom stereocenters. The summed E-state index contributed by atoms with van der Waals surface area (Å²) < 4.78 is 2.65. The molecule has 0 radical (unpaired) electrons. The van der Waals surface area contributed by atoms with Crippen molar-refractivity contribution in [2.24, 2.45) is 7.05 Å². The van der Waals surface area contributed by atoms with Crippen molar-refractivity contribution in [1.29, 1.82) is 0 Å². The molecule has 3 rings (SSSR count). The van der Waals surface area contributed by atoms with Gasteiger partial charge in [0.15, 0.2) is 0 Å². The number of carbonyl (C=O) groups is 1. The monoisotopic (exact) mass is 348 g/mol. The maximum absolute atomic E-state index is 12.6. The van der Waals surface area contributed by atoms with Crippen LogP contribution in [0.15, 0.2) is 29.0 Å². The Morgan fingerprint density at radius 1 is 1.43 bits per heavy atom. The predicted molar refractivity (Wildman–Crippen MR) is 82.9 cm³/mol. The third-order valence-electron chi connectivity index (χ3n) is 3.87. The molecule has 1 saturated heterocycles. The number of hydrogen-bond acceptors (Lipinski definition) is 3. The van der Waals surface area contributed by atoms with Gasteiger partial charge >= 0.3 is 0 Å². The van der Waals surface area contributed by atoms with E-state index in [2.05, 4.69) is 45.1 Å². The van der Waals surface area contributed by atoms with Gasteiger partial charge in [-0.05, 0) is 37.0 Å². The van der Waals surface area contributed by atoms with Crippen molar-refractivity contribution in [3.63, 3.8) is 0 Å². The number of aryl methyl sites for hydroxylation is 2. The minimum atomic E-state index is -0.0846. The molecule has 1 aromatic carbocycles. The summed E-state index contributed by atoms with van der Waals surface area (Å²) in [6, 6.07) is 6.39. The van der Waals surface area contributed by atoms with Crippen molar-refractivity contribution < 1.29 is 4.79 Å². The molecule has 0 bridgehead atoms. The van der Waals surface area contributed by atoms with Crippen molar-refractivity contribution >= 4 is 21.8 Å². The van der Waals surface area contributed by atoms with Crippen molar-refractivity contribution in [3.05, 3.63) is 46.0 Å². The standard InChI is InChI=1S/C15H17BrN4O/c1-10-8-11(5-6-12(10)16)13-4-3-7-20(13)15(21)14-17-9-19(2)18-14/h5-6,8-9,13H,3-4,7H2,1-2H3. The molecule has 1 atom stereocenters. The first-order valence-electron chi connectivity index (χ1n) is 6.99. The Balaban J connectivity index is 1.88. The number of amides is 1. The number of halogens is 1. The van der Waals surface area contributed by atoms with Gasteiger partial charge in [0.25, 0.3) is 5.91 Å². The lowest BCUT2D eigenvalue weighted by atomic mass is 10.0. The third kappa shape index (κ3) is 2.72. The van der Waals surface area contributed by atoms with E-state index in [-0.39, 0.29) is 17.8 Å². The van der Waals surface area contributed by atoms with Gasteiger partial charge < -0.3 is 4.90 Å². The van der Waals surface area contributed by atoms with Crippen LogP contribution in [0.2, 0.25) is 0 Å². The summed E-state index contributed by atoms with van der Waals surface area (Å²) >= 11 is 3.52. The second kappa shape index (κ2) is 5.60. The highest BCUT2D eigenvalue weighted by atomic mass is 79.9. The number of benzene rings is 1. The molecule has 0 spiro atoms. The van der Waals surface area contributed by atoms with E-state index in [0.29, 0.717) is 0 Å². The van der Waals surface area contributed by atoms with Gasteiger partial charge in [-0.15, -0.1) is 5.10 Å². The highest BCUT2D eigenvalue weighted by molar-refractivity contribution is 9.10. The summed E-state index contributed by atoms with van der Waals surface area (Å²) in [6.07, 6.45) is 3.56. The highest BCUT2D eigenvalue weighted by Gasteiger charge is 2.32. The van der Waals surface area contributed by atoms with E-state index < -0.39 is 0 Å². The van der Waals surface area contributed by atoms with Gasteiger partial charge in [-0.1, -0.05) is 28.1 Å². The molecule has 5 nitrogen and oxygen atoms in total. The minimum absolute atomic E-state index is 0.0846. The van der Waals surface area contributed by atoms with Crippen molar-refractivity contribution in [1.82, 2.24) is 19.7 Å². The average molecular weight is 349 g/mol. The van der Waals surface area contributed by atoms with Crippen LogP contribution in [0, 0.1) is 6.92 Å². The van der Waals surface area contributed by atoms with Crippen LogP contribution < -0.4 is 0 Å². The minimum Gasteiger partial charge on any atom is -0.329 e. The molecule has 1 aromatic heterocycles. The molecule has 1 amide bonds. The molecular weight excluding hydrogens is 332 g/mol. The van der Waals surface area contributed by atoms with Gasteiger partial charge in [0.1, 0.15) is 6.33 Å². The zero-order valence-corrected chi connectivity index (χ0v) is 13.7. The zero-order chi connectivity index (χ0) is 15.0. The molecule has 21 heavy (non-hydrogen) atoms. The van der Waals surface area contributed by atoms with E-state index in [1.807, 2.05) is 11.0 Å². The van der Waals surface area contributed by atoms with Crippen molar-refractivity contribution in [2.45, 2.75) is 25.8 Å². The summed E-state index contributed by atoms with van der Waals surface area (Å²) in [4.78, 5) is 18.5. The molecule has 0 saturated carbocycles. The lowest BCUT2D eigenvalue weighted by Crippen LogP contribution is -2.31. The fourth-order valence-corrected chi connectivity index (χ4v) is 3.04. The Morgan fingerprint density at radius 2 is 2.24 bits per heavy atom. The van der Waals surface area contributed by atoms with Crippen LogP contribution >= 0.6 is 15.9 Å². The Bertz CT molecular complexity index is 682. The summed E-state index contributed by atoms with van der Waals surface area (Å²) in [7, 11) is 1.77. The molecule has 1 fully saturated rings. The molecule has 0 N–H and O–H groups in total. The summed E-state index contributed by atoms with van der Waals surface area (Å²) in [5, 5.41) is 4.12. The molecule has 0 aliphatic carbocycles. The molecule has 1 aliphatic heterocycles. The van der Waals surface area contributed by atoms with E-state index in [1.54, 1.807) is 18.1 Å². The average Bonchev–Trinajstić information content (AvgIpc) is 3.10. The quantitative estimate of drug-likeness (QED) is 0.838. The Hall–Kier alpha value is -1.69. The van der Waals surface area contributed by atoms with Gasteiger partial charge in [-0.25, -0.2) is 4.98 Å². The predicted octanol–water partition coefficient (Wildman–Crippen LogP) is 2.86. The largest absolute Gasteiger partial charge is 0.329 e. The molecule has 110 valence electrons. The van der Waals surface area contributed by atoms with Gasteiger partial charge in [-0.2, -0.15) is 0 Å². The Morgan fingerprint density at radius 3 is 2.90 bits per heavy atom. The van der Waals surface area contributed by atoms with E-state index in [1.165, 1.54) is 11.1 Å². The van der Waals surface area contributed by atoms with Gasteiger partial charge in [0.2, 0.25) is 5.82 Å². The molecule has 2 aromatic rings. The summed E-state index contributed by atoms with van der Waals surface area (Å²) in [5.74, 6) is 0.192. The fourth-order valence-electron chi connectivity index (χ4n) is 2.80. The van der Waals surface area contributed by atoms with E-state index in [4.69, 9.17) is 0 Å². The van der Waals surface area contributed by atoms with Crippen LogP contribution in [0.4, 0.5) is 0 Å². The lowest BCUT2D eigenvalue weighted by Gasteiger charge is -2.24. The number of rotatable bonds is 2. The number of likely N-dealkylation sites (tertiary alicyclic amines) is 1. The van der Waals surface area contributed by atoms with Crippen LogP contribution in [-0.2, 0) is 7.05 Å². The second-order valence-electron chi connectivity index (χ2n) is 5.41. The van der Waals surface area contributed by atoms with Crippen LogP contribution in [0.3, 0.4) is 0 Å². The first kappa shape index (κ1) is 14.3. The van der Waals surface area contributed by atoms with Gasteiger partial charge in [-0.3, -0.25) is 9.48 Å². The second-order valence-corrected chi connectivity index (χ2v) is 6.26. The molecule has 2 heterocycles. The van der Waals surface area contributed by atoms with Crippen molar-refractivity contribution in [3.8, 4) is 0 Å². The van der Waals surface area contributed by atoms with Gasteiger partial charge in [0, 0.05) is 18.1 Å². The maximum atomic E-state index is 12.6. The molecule has 6 heteroatoms. The Kier molecular flexibility index (Phi) is 3.80. The van der Waals surface area contributed by atoms with E-state index in [0.717, 1.165) is 23.9 Å². The summed E-state index contributed by atoms with van der Waals surface area (Å²) in [6.45, 7) is 2.83. The SMILES string of the molecule is Cc1cc(C2CCCN2C(=O)c2ncn(C)n2)ccc1Br. The number of nitrogens with zero attached hydrogens (tertiary/aromatic N) is 4. The van der Waals surface area contributed by atoms with E-state index >= 15 is 0 Å². The third-order valence-corrected chi connectivity index (χ3v) is 4.76. The van der Waals surface area contributed by atoms with Crippen molar-refractivity contribution in [2.75, 3.05) is 6.54 Å². The van der Waals surface area contributed by atoms with Crippen LogP contribution in [-0.4, -0.2) is 32.1 Å².